The summed E-state index contributed by atoms with van der Waals surface area (Å²) < 4.78 is 26.3. The van der Waals surface area contributed by atoms with Crippen LogP contribution in [0.5, 0.6) is 0 Å². The Labute approximate surface area is 93.8 Å². The van der Waals surface area contributed by atoms with E-state index in [4.69, 9.17) is 0 Å². The standard InChI is InChI=1S/C12H17F2NO/c13-12(14)3-1-2-8(6-12)15-10(16)9-7-11(9)4-5-11/h8-9H,1-7H2,(H,15,16). The molecule has 1 spiro atoms. The number of carbonyl (C=O) groups excluding carboxylic acids is 1. The Morgan fingerprint density at radius 3 is 2.50 bits per heavy atom. The average molecular weight is 229 g/mol. The second-order valence-electron chi connectivity index (χ2n) is 5.78. The van der Waals surface area contributed by atoms with Gasteiger partial charge in [-0.25, -0.2) is 8.78 Å². The first kappa shape index (κ1) is 10.5. The molecule has 3 rings (SSSR count). The van der Waals surface area contributed by atoms with E-state index < -0.39 is 5.92 Å². The van der Waals surface area contributed by atoms with Crippen molar-refractivity contribution in [1.82, 2.24) is 5.32 Å². The molecular weight excluding hydrogens is 212 g/mol. The zero-order chi connectivity index (χ0) is 11.4. The highest BCUT2D eigenvalue weighted by Crippen LogP contribution is 2.70. The molecule has 1 N–H and O–H groups in total. The Morgan fingerprint density at radius 2 is 1.94 bits per heavy atom. The van der Waals surface area contributed by atoms with E-state index in [2.05, 4.69) is 5.32 Å². The van der Waals surface area contributed by atoms with Gasteiger partial charge in [0, 0.05) is 24.8 Å². The summed E-state index contributed by atoms with van der Waals surface area (Å²) in [5.41, 5.74) is 0.321. The smallest absolute Gasteiger partial charge is 0.250 e. The minimum atomic E-state index is -2.57. The van der Waals surface area contributed by atoms with Crippen LogP contribution < -0.4 is 5.32 Å². The largest absolute Gasteiger partial charge is 0.353 e. The lowest BCUT2D eigenvalue weighted by molar-refractivity contribution is -0.124. The molecule has 3 aliphatic carbocycles. The maximum Gasteiger partial charge on any atom is 0.250 e. The third-order valence-electron chi connectivity index (χ3n) is 4.38. The minimum absolute atomic E-state index is 0.0211. The molecule has 2 unspecified atom stereocenters. The molecule has 0 aromatic carbocycles. The maximum absolute atomic E-state index is 13.1. The highest BCUT2D eigenvalue weighted by molar-refractivity contribution is 5.83. The molecular formula is C12H17F2NO. The second-order valence-corrected chi connectivity index (χ2v) is 5.78. The number of halogens is 2. The molecule has 90 valence electrons. The van der Waals surface area contributed by atoms with Gasteiger partial charge in [0.1, 0.15) is 0 Å². The summed E-state index contributed by atoms with van der Waals surface area (Å²) >= 11 is 0. The van der Waals surface area contributed by atoms with E-state index in [1.807, 2.05) is 0 Å². The van der Waals surface area contributed by atoms with Crippen molar-refractivity contribution in [3.8, 4) is 0 Å². The molecule has 16 heavy (non-hydrogen) atoms. The fourth-order valence-corrected chi connectivity index (χ4v) is 3.03. The van der Waals surface area contributed by atoms with Gasteiger partial charge in [0.05, 0.1) is 0 Å². The summed E-state index contributed by atoms with van der Waals surface area (Å²) in [6, 6.07) is -0.298. The van der Waals surface area contributed by atoms with Crippen LogP contribution in [0, 0.1) is 11.3 Å². The van der Waals surface area contributed by atoms with Crippen molar-refractivity contribution in [2.24, 2.45) is 11.3 Å². The van der Waals surface area contributed by atoms with Gasteiger partial charge in [0.15, 0.2) is 0 Å². The highest BCUT2D eigenvalue weighted by Gasteiger charge is 2.65. The van der Waals surface area contributed by atoms with Crippen molar-refractivity contribution < 1.29 is 13.6 Å². The third-order valence-corrected chi connectivity index (χ3v) is 4.38. The van der Waals surface area contributed by atoms with E-state index in [9.17, 15) is 13.6 Å². The van der Waals surface area contributed by atoms with Crippen molar-refractivity contribution in [2.45, 2.75) is 56.9 Å². The van der Waals surface area contributed by atoms with Gasteiger partial charge in [0.2, 0.25) is 11.8 Å². The normalized spacial score (nSPS) is 38.1. The van der Waals surface area contributed by atoms with Gasteiger partial charge < -0.3 is 5.32 Å². The molecule has 0 radical (unpaired) electrons. The summed E-state index contributed by atoms with van der Waals surface area (Å²) in [5, 5.41) is 2.81. The quantitative estimate of drug-likeness (QED) is 0.774. The van der Waals surface area contributed by atoms with E-state index in [1.165, 1.54) is 0 Å². The fraction of sp³-hybridized carbons (Fsp3) is 0.917. The van der Waals surface area contributed by atoms with Crippen LogP contribution in [0.1, 0.15) is 44.9 Å². The Kier molecular flexibility index (Phi) is 2.08. The van der Waals surface area contributed by atoms with Gasteiger partial charge in [-0.15, -0.1) is 0 Å². The zero-order valence-electron chi connectivity index (χ0n) is 9.27. The number of hydrogen-bond donors (Lipinski definition) is 1. The predicted molar refractivity (Wildman–Crippen MR) is 55.1 cm³/mol. The van der Waals surface area contributed by atoms with Gasteiger partial charge in [-0.1, -0.05) is 0 Å². The van der Waals surface area contributed by atoms with Gasteiger partial charge >= 0.3 is 0 Å². The van der Waals surface area contributed by atoms with Crippen molar-refractivity contribution in [3.05, 3.63) is 0 Å². The van der Waals surface area contributed by atoms with Crippen molar-refractivity contribution in [3.63, 3.8) is 0 Å². The molecule has 2 nitrogen and oxygen atoms in total. The van der Waals surface area contributed by atoms with Crippen LogP contribution in [0.25, 0.3) is 0 Å². The number of nitrogens with one attached hydrogen (secondary N) is 1. The first-order valence-corrected chi connectivity index (χ1v) is 6.19. The maximum atomic E-state index is 13.1. The summed E-state index contributed by atoms with van der Waals surface area (Å²) in [4.78, 5) is 11.8. The lowest BCUT2D eigenvalue weighted by atomic mass is 9.92. The second kappa shape index (κ2) is 3.17. The van der Waals surface area contributed by atoms with Gasteiger partial charge in [-0.05, 0) is 37.5 Å². The van der Waals surface area contributed by atoms with Gasteiger partial charge in [-0.3, -0.25) is 4.79 Å². The van der Waals surface area contributed by atoms with Crippen LogP contribution in [0.3, 0.4) is 0 Å². The highest BCUT2D eigenvalue weighted by atomic mass is 19.3. The molecule has 0 bridgehead atoms. The minimum Gasteiger partial charge on any atom is -0.353 e. The summed E-state index contributed by atoms with van der Waals surface area (Å²) in [7, 11) is 0. The predicted octanol–water partition coefficient (Wildman–Crippen LogP) is 2.48. The van der Waals surface area contributed by atoms with E-state index in [0.29, 0.717) is 18.3 Å². The average Bonchev–Trinajstić information content (AvgIpc) is 3.06. The molecule has 1 amide bonds. The molecule has 0 aliphatic heterocycles. The van der Waals surface area contributed by atoms with Crippen LogP contribution in [0.15, 0.2) is 0 Å². The zero-order valence-corrected chi connectivity index (χ0v) is 9.27. The number of hydrogen-bond acceptors (Lipinski definition) is 1. The molecule has 0 heterocycles. The van der Waals surface area contributed by atoms with Crippen molar-refractivity contribution in [2.75, 3.05) is 0 Å². The number of alkyl halides is 2. The Balaban J connectivity index is 1.52. The van der Waals surface area contributed by atoms with Gasteiger partial charge in [-0.2, -0.15) is 0 Å². The molecule has 3 saturated carbocycles. The monoisotopic (exact) mass is 229 g/mol. The van der Waals surface area contributed by atoms with E-state index in [-0.39, 0.29) is 30.7 Å². The Bertz CT molecular complexity index is 325. The Morgan fingerprint density at radius 1 is 1.19 bits per heavy atom. The lowest BCUT2D eigenvalue weighted by Crippen LogP contribution is -2.42. The topological polar surface area (TPSA) is 29.1 Å². The third kappa shape index (κ3) is 1.82. The summed E-state index contributed by atoms with van der Waals surface area (Å²) in [5.74, 6) is -2.40. The molecule has 0 aromatic rings. The Hall–Kier alpha value is -0.670. The molecule has 2 atom stereocenters. The van der Waals surface area contributed by atoms with Crippen LogP contribution in [0.4, 0.5) is 8.78 Å². The fourth-order valence-electron chi connectivity index (χ4n) is 3.03. The SMILES string of the molecule is O=C(NC1CCCC(F)(F)C1)C1CC12CC2. The van der Waals surface area contributed by atoms with Crippen LogP contribution in [0.2, 0.25) is 0 Å². The van der Waals surface area contributed by atoms with E-state index in [0.717, 1.165) is 19.3 Å². The molecule has 0 aromatic heterocycles. The summed E-state index contributed by atoms with van der Waals surface area (Å²) in [6.07, 6.45) is 4.35. The first-order valence-electron chi connectivity index (χ1n) is 6.19. The first-order chi connectivity index (χ1) is 7.51. The molecule has 4 heteroatoms. The number of amides is 1. The van der Waals surface area contributed by atoms with Crippen molar-refractivity contribution in [1.29, 1.82) is 0 Å². The van der Waals surface area contributed by atoms with E-state index >= 15 is 0 Å². The van der Waals surface area contributed by atoms with Gasteiger partial charge in [0.25, 0.3) is 0 Å². The van der Waals surface area contributed by atoms with E-state index in [1.54, 1.807) is 0 Å². The van der Waals surface area contributed by atoms with Crippen LogP contribution in [-0.2, 0) is 4.79 Å². The molecule has 3 aliphatic rings. The number of rotatable bonds is 2. The summed E-state index contributed by atoms with van der Waals surface area (Å²) in [6.45, 7) is 0. The van der Waals surface area contributed by atoms with Crippen molar-refractivity contribution >= 4 is 5.91 Å². The molecule has 3 fully saturated rings. The molecule has 0 saturated heterocycles. The number of carbonyl (C=O) groups is 1. The lowest BCUT2D eigenvalue weighted by Gasteiger charge is -2.29. The van der Waals surface area contributed by atoms with Crippen LogP contribution in [-0.4, -0.2) is 17.9 Å². The van der Waals surface area contributed by atoms with Crippen LogP contribution >= 0.6 is 0 Å².